The van der Waals surface area contributed by atoms with Crippen molar-refractivity contribution in [1.82, 2.24) is 4.57 Å². The van der Waals surface area contributed by atoms with Gasteiger partial charge in [-0.3, -0.25) is 0 Å². The minimum absolute atomic E-state index is 0.764. The molecule has 0 spiro atoms. The van der Waals surface area contributed by atoms with Gasteiger partial charge < -0.3 is 4.57 Å². The molecule has 2 heteroatoms. The van der Waals surface area contributed by atoms with E-state index in [1.165, 1.54) is 43.7 Å². The van der Waals surface area contributed by atoms with E-state index in [9.17, 15) is 0 Å². The van der Waals surface area contributed by atoms with Crippen molar-refractivity contribution in [2.24, 2.45) is 0 Å². The molecule has 0 aliphatic rings. The van der Waals surface area contributed by atoms with Crippen LogP contribution in [0, 0.1) is 0 Å². The first-order chi connectivity index (χ1) is 13.8. The summed E-state index contributed by atoms with van der Waals surface area (Å²) in [6, 6.07) is 34.4. The van der Waals surface area contributed by atoms with Crippen molar-refractivity contribution < 1.29 is 0 Å². The van der Waals surface area contributed by atoms with Crippen molar-refractivity contribution in [3.8, 4) is 5.69 Å². The molecule has 0 N–H and O–H groups in total. The molecule has 1 nitrogen and oxygen atoms in total. The lowest BCUT2D eigenvalue weighted by Crippen LogP contribution is -1.93. The summed E-state index contributed by atoms with van der Waals surface area (Å²) >= 11 is 6.26. The SMILES string of the molecule is Clc1ccc2cc3c4ccccc4n(-c4ccc5ccccc5c4)c3cc2c1. The molecule has 6 aromatic rings. The smallest absolute Gasteiger partial charge is 0.0547 e. The van der Waals surface area contributed by atoms with E-state index in [1.54, 1.807) is 0 Å². The van der Waals surface area contributed by atoms with Crippen LogP contribution in [0.25, 0.3) is 49.0 Å². The molecule has 132 valence electrons. The van der Waals surface area contributed by atoms with Gasteiger partial charge in [0, 0.05) is 21.5 Å². The molecule has 5 aromatic carbocycles. The molecule has 0 aliphatic heterocycles. The normalized spacial score (nSPS) is 11.8. The quantitative estimate of drug-likeness (QED) is 0.276. The summed E-state index contributed by atoms with van der Waals surface area (Å²) in [5.74, 6) is 0. The molecule has 28 heavy (non-hydrogen) atoms. The molecule has 1 aromatic heterocycles. The summed E-state index contributed by atoms with van der Waals surface area (Å²) < 4.78 is 2.36. The van der Waals surface area contributed by atoms with Crippen LogP contribution in [-0.2, 0) is 0 Å². The van der Waals surface area contributed by atoms with Crippen LogP contribution in [0.1, 0.15) is 0 Å². The van der Waals surface area contributed by atoms with Crippen molar-refractivity contribution in [3.05, 3.63) is 102 Å². The summed E-state index contributed by atoms with van der Waals surface area (Å²) in [6.45, 7) is 0. The molecular weight excluding hydrogens is 362 g/mol. The van der Waals surface area contributed by atoms with Crippen LogP contribution in [0.5, 0.6) is 0 Å². The molecule has 0 unspecified atom stereocenters. The van der Waals surface area contributed by atoms with Crippen LogP contribution < -0.4 is 0 Å². The molecule has 0 radical (unpaired) electrons. The van der Waals surface area contributed by atoms with Crippen LogP contribution in [0.15, 0.2) is 97.1 Å². The third-order valence-corrected chi connectivity index (χ3v) is 5.82. The number of para-hydroxylation sites is 1. The maximum Gasteiger partial charge on any atom is 0.0547 e. The second-order valence-electron chi connectivity index (χ2n) is 7.24. The van der Waals surface area contributed by atoms with Crippen molar-refractivity contribution in [2.75, 3.05) is 0 Å². The van der Waals surface area contributed by atoms with Crippen molar-refractivity contribution in [2.45, 2.75) is 0 Å². The minimum atomic E-state index is 0.764. The van der Waals surface area contributed by atoms with Gasteiger partial charge in [0.25, 0.3) is 0 Å². The first-order valence-electron chi connectivity index (χ1n) is 9.40. The zero-order chi connectivity index (χ0) is 18.7. The Labute approximate surface area is 167 Å². The fourth-order valence-corrected chi connectivity index (χ4v) is 4.46. The fraction of sp³-hybridized carbons (Fsp3) is 0. The van der Waals surface area contributed by atoms with Gasteiger partial charge >= 0.3 is 0 Å². The van der Waals surface area contributed by atoms with Gasteiger partial charge in [-0.15, -0.1) is 0 Å². The monoisotopic (exact) mass is 377 g/mol. The molecule has 0 saturated heterocycles. The van der Waals surface area contributed by atoms with Gasteiger partial charge in [0.1, 0.15) is 0 Å². The van der Waals surface area contributed by atoms with Gasteiger partial charge in [-0.1, -0.05) is 66.2 Å². The maximum absolute atomic E-state index is 6.26. The largest absolute Gasteiger partial charge is 0.309 e. The minimum Gasteiger partial charge on any atom is -0.309 e. The van der Waals surface area contributed by atoms with Crippen LogP contribution >= 0.6 is 11.6 Å². The second-order valence-corrected chi connectivity index (χ2v) is 7.68. The predicted molar refractivity (Wildman–Crippen MR) is 121 cm³/mol. The lowest BCUT2D eigenvalue weighted by Gasteiger charge is -2.10. The highest BCUT2D eigenvalue weighted by Crippen LogP contribution is 2.35. The molecule has 0 bridgehead atoms. The number of nitrogens with zero attached hydrogens (tertiary/aromatic N) is 1. The highest BCUT2D eigenvalue weighted by Gasteiger charge is 2.13. The third kappa shape index (κ3) is 2.27. The van der Waals surface area contributed by atoms with Gasteiger partial charge in [0.15, 0.2) is 0 Å². The third-order valence-electron chi connectivity index (χ3n) is 5.58. The molecule has 6 rings (SSSR count). The number of aromatic nitrogens is 1. The number of rotatable bonds is 1. The Bertz CT molecular complexity index is 1520. The second kappa shape index (κ2) is 5.85. The zero-order valence-corrected chi connectivity index (χ0v) is 15.8. The fourth-order valence-electron chi connectivity index (χ4n) is 4.28. The summed E-state index contributed by atoms with van der Waals surface area (Å²) in [5.41, 5.74) is 3.59. The standard InChI is InChI=1S/C26H16ClN/c27-21-11-9-19-15-24-23-7-3-4-8-25(23)28(26(24)16-20(19)13-21)22-12-10-17-5-1-2-6-18(17)14-22/h1-16H. The zero-order valence-electron chi connectivity index (χ0n) is 15.1. The van der Waals surface area contributed by atoms with Crippen molar-refractivity contribution >= 4 is 55.0 Å². The highest BCUT2D eigenvalue weighted by molar-refractivity contribution is 6.31. The molecule has 0 atom stereocenters. The Kier molecular flexibility index (Phi) is 3.29. The van der Waals surface area contributed by atoms with E-state index in [-0.39, 0.29) is 0 Å². The van der Waals surface area contributed by atoms with Gasteiger partial charge in [0.05, 0.1) is 11.0 Å². The van der Waals surface area contributed by atoms with E-state index in [0.717, 1.165) is 10.4 Å². The Morgan fingerprint density at radius 1 is 0.500 bits per heavy atom. The van der Waals surface area contributed by atoms with E-state index < -0.39 is 0 Å². The summed E-state index contributed by atoms with van der Waals surface area (Å²) in [6.07, 6.45) is 0. The van der Waals surface area contributed by atoms with Crippen LogP contribution in [0.3, 0.4) is 0 Å². The van der Waals surface area contributed by atoms with Crippen LogP contribution in [-0.4, -0.2) is 4.57 Å². The molecular formula is C26H16ClN. The summed E-state index contributed by atoms with van der Waals surface area (Å²) in [4.78, 5) is 0. The van der Waals surface area contributed by atoms with Gasteiger partial charge in [-0.05, 0) is 64.0 Å². The molecule has 0 aliphatic carbocycles. The number of fused-ring (bicyclic) bond motifs is 5. The average Bonchev–Trinajstić information content (AvgIpc) is 3.05. The molecule has 0 saturated carbocycles. The van der Waals surface area contributed by atoms with E-state index in [4.69, 9.17) is 11.6 Å². The predicted octanol–water partition coefficient (Wildman–Crippen LogP) is 7.74. The average molecular weight is 378 g/mol. The lowest BCUT2D eigenvalue weighted by atomic mass is 10.1. The Morgan fingerprint density at radius 2 is 1.25 bits per heavy atom. The van der Waals surface area contributed by atoms with E-state index in [1.807, 2.05) is 12.1 Å². The van der Waals surface area contributed by atoms with E-state index >= 15 is 0 Å². The Balaban J connectivity index is 1.78. The molecule has 0 fully saturated rings. The number of halogens is 1. The number of hydrogen-bond donors (Lipinski definition) is 0. The van der Waals surface area contributed by atoms with Crippen LogP contribution in [0.2, 0.25) is 5.02 Å². The first kappa shape index (κ1) is 15.7. The van der Waals surface area contributed by atoms with E-state index in [0.29, 0.717) is 0 Å². The van der Waals surface area contributed by atoms with Gasteiger partial charge in [-0.25, -0.2) is 0 Å². The van der Waals surface area contributed by atoms with E-state index in [2.05, 4.69) is 89.5 Å². The summed E-state index contributed by atoms with van der Waals surface area (Å²) in [5, 5.41) is 8.16. The summed E-state index contributed by atoms with van der Waals surface area (Å²) in [7, 11) is 0. The highest BCUT2D eigenvalue weighted by atomic mass is 35.5. The van der Waals surface area contributed by atoms with Gasteiger partial charge in [-0.2, -0.15) is 0 Å². The van der Waals surface area contributed by atoms with Gasteiger partial charge in [0.2, 0.25) is 0 Å². The molecule has 1 heterocycles. The Morgan fingerprint density at radius 3 is 2.18 bits per heavy atom. The topological polar surface area (TPSA) is 4.93 Å². The van der Waals surface area contributed by atoms with Crippen LogP contribution in [0.4, 0.5) is 0 Å². The van der Waals surface area contributed by atoms with Crippen molar-refractivity contribution in [1.29, 1.82) is 0 Å². The lowest BCUT2D eigenvalue weighted by molar-refractivity contribution is 1.19. The number of hydrogen-bond acceptors (Lipinski definition) is 0. The molecule has 0 amide bonds. The van der Waals surface area contributed by atoms with Crippen molar-refractivity contribution in [3.63, 3.8) is 0 Å². The Hall–Kier alpha value is -3.29. The number of benzene rings is 5. The maximum atomic E-state index is 6.26. The first-order valence-corrected chi connectivity index (χ1v) is 9.77.